The van der Waals surface area contributed by atoms with E-state index in [4.69, 9.17) is 28.4 Å². The van der Waals surface area contributed by atoms with E-state index in [9.17, 15) is 61.0 Å². The minimum absolute atomic E-state index is 0.241. The minimum atomic E-state index is -1.98. The summed E-state index contributed by atoms with van der Waals surface area (Å²) in [5, 5.41) is 121. The molecule has 19 nitrogen and oxygen atoms in total. The molecule has 3 saturated heterocycles. The van der Waals surface area contributed by atoms with Crippen LogP contribution >= 0.6 is 0 Å². The largest absolute Gasteiger partial charge is 0.394 e. The minimum Gasteiger partial charge on any atom is -0.394 e. The van der Waals surface area contributed by atoms with Gasteiger partial charge in [-0.05, 0) is 57.8 Å². The first-order valence-electron chi connectivity index (χ1n) is 42.4. The zero-order valence-electron chi connectivity index (χ0n) is 64.8. The lowest BCUT2D eigenvalue weighted by atomic mass is 9.96. The SMILES string of the molecule is CCCCCCC/C=C\C/C=C\C/C=C\CCCCCCCCCCCCCCC(=O)NC(COC1OC(CO)C(OC2OC(CO)C(OC3OC(CO)C(O)C(O)C3O)C(O)C2O)C(O)C1O)C(O)/C=C/CCCCCCCCCCCCCCCCCCCCCCCCCCCCCCC. The van der Waals surface area contributed by atoms with Crippen molar-refractivity contribution in [2.24, 2.45) is 0 Å². The number of carbonyl (C=O) groups is 1. The van der Waals surface area contributed by atoms with Crippen LogP contribution in [0.1, 0.15) is 348 Å². The van der Waals surface area contributed by atoms with Crippen LogP contribution in [0.5, 0.6) is 0 Å². The summed E-state index contributed by atoms with van der Waals surface area (Å²) in [5.74, 6) is -0.273. The maximum absolute atomic E-state index is 13.5. The number of rotatable bonds is 68. The van der Waals surface area contributed by atoms with E-state index in [2.05, 4.69) is 55.6 Å². The van der Waals surface area contributed by atoms with Gasteiger partial charge in [0.25, 0.3) is 0 Å². The van der Waals surface area contributed by atoms with Crippen molar-refractivity contribution in [1.29, 1.82) is 0 Å². The summed E-state index contributed by atoms with van der Waals surface area (Å²) >= 11 is 0. The van der Waals surface area contributed by atoms with Crippen molar-refractivity contribution in [2.75, 3.05) is 26.4 Å². The second-order valence-electron chi connectivity index (χ2n) is 30.3. The average Bonchev–Trinajstić information content (AvgIpc) is 0.781. The first-order chi connectivity index (χ1) is 50.3. The number of carbonyl (C=O) groups excluding carboxylic acids is 1. The van der Waals surface area contributed by atoms with Gasteiger partial charge in [0.2, 0.25) is 5.91 Å². The lowest BCUT2D eigenvalue weighted by molar-refractivity contribution is -0.379. The zero-order chi connectivity index (χ0) is 74.6. The van der Waals surface area contributed by atoms with Gasteiger partial charge in [0, 0.05) is 6.42 Å². The molecule has 12 N–H and O–H groups in total. The highest BCUT2D eigenvalue weighted by Crippen LogP contribution is 2.33. The number of aliphatic hydroxyl groups excluding tert-OH is 11. The molecule has 0 saturated carbocycles. The van der Waals surface area contributed by atoms with Gasteiger partial charge in [-0.25, -0.2) is 0 Å². The molecule has 103 heavy (non-hydrogen) atoms. The molecule has 3 aliphatic heterocycles. The maximum Gasteiger partial charge on any atom is 0.220 e. The van der Waals surface area contributed by atoms with Crippen LogP contribution in [0.3, 0.4) is 0 Å². The quantitative estimate of drug-likeness (QED) is 0.0199. The van der Waals surface area contributed by atoms with Crippen molar-refractivity contribution in [3.63, 3.8) is 0 Å². The average molecular weight is 1470 g/mol. The molecule has 0 spiro atoms. The number of ether oxygens (including phenoxy) is 6. The van der Waals surface area contributed by atoms with Crippen molar-refractivity contribution in [3.8, 4) is 0 Å². The molecule has 0 bridgehead atoms. The molecule has 0 aliphatic carbocycles. The maximum atomic E-state index is 13.5. The number of amides is 1. The van der Waals surface area contributed by atoms with Crippen molar-refractivity contribution in [2.45, 2.75) is 452 Å². The molecule has 17 unspecified atom stereocenters. The van der Waals surface area contributed by atoms with Gasteiger partial charge in [0.05, 0.1) is 38.6 Å². The number of nitrogens with one attached hydrogen (secondary N) is 1. The molecule has 1 amide bonds. The van der Waals surface area contributed by atoms with Crippen LogP contribution in [0.2, 0.25) is 0 Å². The number of hydrogen-bond donors (Lipinski definition) is 12. The Morgan fingerprint density at radius 2 is 0.641 bits per heavy atom. The number of aliphatic hydroxyl groups is 11. The second-order valence-corrected chi connectivity index (χ2v) is 30.3. The molecule has 0 aromatic rings. The summed E-state index contributed by atoms with van der Waals surface area (Å²) in [4.78, 5) is 13.5. The molecule has 17 atom stereocenters. The van der Waals surface area contributed by atoms with Crippen LogP contribution in [0.15, 0.2) is 48.6 Å². The van der Waals surface area contributed by atoms with Crippen molar-refractivity contribution < 1.29 is 89.4 Å². The summed E-state index contributed by atoms with van der Waals surface area (Å²) in [5.41, 5.74) is 0. The smallest absolute Gasteiger partial charge is 0.220 e. The molecule has 604 valence electrons. The first kappa shape index (κ1) is 95.0. The Balaban J connectivity index is 1.36. The molecule has 0 radical (unpaired) electrons. The molecule has 3 aliphatic rings. The Kier molecular flexibility index (Phi) is 59.5. The normalized spacial score (nSPS) is 26.2. The van der Waals surface area contributed by atoms with Gasteiger partial charge in [-0.15, -0.1) is 0 Å². The highest BCUT2D eigenvalue weighted by molar-refractivity contribution is 5.76. The Morgan fingerprint density at radius 3 is 1.00 bits per heavy atom. The molecule has 0 aromatic carbocycles. The van der Waals surface area contributed by atoms with E-state index in [1.54, 1.807) is 6.08 Å². The van der Waals surface area contributed by atoms with Gasteiger partial charge in [-0.2, -0.15) is 0 Å². The van der Waals surface area contributed by atoms with Crippen LogP contribution in [0, 0.1) is 0 Å². The van der Waals surface area contributed by atoms with E-state index < -0.39 is 124 Å². The van der Waals surface area contributed by atoms with Gasteiger partial charge in [0.1, 0.15) is 73.2 Å². The van der Waals surface area contributed by atoms with E-state index in [-0.39, 0.29) is 18.9 Å². The Hall–Kier alpha value is -2.25. The molecule has 3 fully saturated rings. The van der Waals surface area contributed by atoms with Crippen LogP contribution in [-0.2, 0) is 33.2 Å². The zero-order valence-corrected chi connectivity index (χ0v) is 64.8. The fourth-order valence-electron chi connectivity index (χ4n) is 14.3. The summed E-state index contributed by atoms with van der Waals surface area (Å²) < 4.78 is 34.5. The molecule has 0 aromatic heterocycles. The van der Waals surface area contributed by atoms with Gasteiger partial charge in [-0.1, -0.05) is 332 Å². The third-order valence-electron chi connectivity index (χ3n) is 21.1. The fraction of sp³-hybridized carbons (Fsp3) is 0.893. The number of allylic oxidation sites excluding steroid dienone is 7. The monoisotopic (exact) mass is 1470 g/mol. The van der Waals surface area contributed by atoms with Crippen LogP contribution < -0.4 is 5.32 Å². The van der Waals surface area contributed by atoms with E-state index in [1.807, 2.05) is 6.08 Å². The lowest BCUT2D eigenvalue weighted by Crippen LogP contribution is -2.66. The molecule has 3 heterocycles. The summed E-state index contributed by atoms with van der Waals surface area (Å²) in [7, 11) is 0. The number of hydrogen-bond acceptors (Lipinski definition) is 18. The molecular formula is C84H155NO18. The third-order valence-corrected chi connectivity index (χ3v) is 21.1. The highest BCUT2D eigenvalue weighted by atomic mass is 16.8. The van der Waals surface area contributed by atoms with Gasteiger partial charge in [-0.3, -0.25) is 4.79 Å². The van der Waals surface area contributed by atoms with Crippen LogP contribution in [0.4, 0.5) is 0 Å². The highest BCUT2D eigenvalue weighted by Gasteiger charge is 2.54. The van der Waals surface area contributed by atoms with E-state index in [0.29, 0.717) is 6.42 Å². The van der Waals surface area contributed by atoms with E-state index in [1.165, 1.54) is 257 Å². The third kappa shape index (κ3) is 44.3. The lowest BCUT2D eigenvalue weighted by Gasteiger charge is -2.48. The van der Waals surface area contributed by atoms with Gasteiger partial charge < -0.3 is 89.9 Å². The van der Waals surface area contributed by atoms with Crippen molar-refractivity contribution >= 4 is 5.91 Å². The summed E-state index contributed by atoms with van der Waals surface area (Å²) in [6, 6.07) is -0.978. The van der Waals surface area contributed by atoms with E-state index >= 15 is 0 Å². The predicted molar refractivity (Wildman–Crippen MR) is 411 cm³/mol. The van der Waals surface area contributed by atoms with E-state index in [0.717, 1.165) is 64.2 Å². The Bertz CT molecular complexity index is 2050. The van der Waals surface area contributed by atoms with Gasteiger partial charge in [0.15, 0.2) is 18.9 Å². The second kappa shape index (κ2) is 64.6. The van der Waals surface area contributed by atoms with Crippen LogP contribution in [-0.4, -0.2) is 193 Å². The Labute approximate surface area is 624 Å². The first-order valence-corrected chi connectivity index (χ1v) is 42.4. The van der Waals surface area contributed by atoms with Crippen molar-refractivity contribution in [1.82, 2.24) is 5.32 Å². The van der Waals surface area contributed by atoms with Gasteiger partial charge >= 0.3 is 0 Å². The van der Waals surface area contributed by atoms with Crippen LogP contribution in [0.25, 0.3) is 0 Å². The topological polar surface area (TPSA) is 307 Å². The Morgan fingerprint density at radius 1 is 0.350 bits per heavy atom. The fourth-order valence-corrected chi connectivity index (χ4v) is 14.3. The van der Waals surface area contributed by atoms with Crippen molar-refractivity contribution in [3.05, 3.63) is 48.6 Å². The summed E-state index contributed by atoms with van der Waals surface area (Å²) in [6.07, 6.45) is 55.3. The summed E-state index contributed by atoms with van der Waals surface area (Å²) in [6.45, 7) is 1.77. The molecule has 3 rings (SSSR count). The predicted octanol–water partition coefficient (Wildman–Crippen LogP) is 14.8. The number of unbranched alkanes of at least 4 members (excludes halogenated alkanes) is 46. The standard InChI is InChI=1S/C84H155NO18/c1-3-5-7-9-11-13-15-17-19-21-23-25-27-29-31-32-33-34-36-37-39-41-43-45-47-49-51-53-55-57-59-61-68(89)67(85-72(90)62-60-58-56-54-52-50-48-46-44-42-40-38-35-30-28-26-24-22-20-18-16-14-12-10-8-6-4-2)66-98-82-78(96)75(93)80(70(64-87)100-82)103-84-79(97)76(94)81(71(65-88)101-84)102-83-77(95)74(92)73(91)69(63-86)99-83/h16,18,22,24,28,30,59,61,67-71,73-84,86-89,91-97H,3-15,17,19-21,23,25-27,29,31-58,60,62-66H2,1-2H3,(H,85,90)/b18-16-,24-22-,30-28-,61-59+. The molecule has 19 heteroatoms. The molecular weight excluding hydrogens is 1310 g/mol.